The van der Waals surface area contributed by atoms with Crippen LogP contribution in [0.15, 0.2) is 54.2 Å². The fraction of sp³-hybridized carbons (Fsp3) is 0.333. The summed E-state index contributed by atoms with van der Waals surface area (Å²) in [5.74, 6) is -0.492. The van der Waals surface area contributed by atoms with E-state index >= 15 is 0 Å². The minimum Gasteiger partial charge on any atom is -0.350 e. The molecule has 2 amide bonds. The highest BCUT2D eigenvalue weighted by atomic mass is 32.1. The molecule has 166 valence electrons. The summed E-state index contributed by atoms with van der Waals surface area (Å²) < 4.78 is 13.2. The maximum absolute atomic E-state index is 13.2. The first kappa shape index (κ1) is 22.1. The van der Waals surface area contributed by atoms with Crippen molar-refractivity contribution in [3.05, 3.63) is 81.8 Å². The summed E-state index contributed by atoms with van der Waals surface area (Å²) >= 11 is 1.51. The average molecular weight is 453 g/mol. The third-order valence-electron chi connectivity index (χ3n) is 5.56. The van der Waals surface area contributed by atoms with Gasteiger partial charge in [-0.3, -0.25) is 14.6 Å². The fourth-order valence-corrected chi connectivity index (χ4v) is 4.68. The van der Waals surface area contributed by atoms with Crippen LogP contribution in [0, 0.1) is 5.82 Å². The first-order valence-corrected chi connectivity index (χ1v) is 11.6. The molecule has 0 spiro atoms. The molecule has 0 aliphatic carbocycles. The second-order valence-electron chi connectivity index (χ2n) is 7.84. The molecule has 1 saturated heterocycles. The number of carbonyl (C=O) groups is 2. The summed E-state index contributed by atoms with van der Waals surface area (Å²) in [5.41, 5.74) is 3.04. The van der Waals surface area contributed by atoms with Crippen LogP contribution in [0.1, 0.15) is 53.6 Å². The largest absolute Gasteiger partial charge is 0.350 e. The standard InChI is InChI=1S/C24H25FN4O2S/c25-19-5-3-18(4-6-19)21-2-1-13-29(21)24(31)8-7-22(30)27-15-23-28-20(16-32-23)14-17-9-11-26-12-10-17/h3-6,9-12,16,21H,1-2,7-8,13-15H2,(H,27,30). The molecule has 1 N–H and O–H groups in total. The van der Waals surface area contributed by atoms with E-state index in [1.807, 2.05) is 22.4 Å². The number of carbonyl (C=O) groups excluding carboxylic acids is 2. The van der Waals surface area contributed by atoms with Crippen molar-refractivity contribution in [2.75, 3.05) is 6.54 Å². The number of nitrogens with one attached hydrogen (secondary N) is 1. The number of amides is 2. The van der Waals surface area contributed by atoms with Gasteiger partial charge >= 0.3 is 0 Å². The van der Waals surface area contributed by atoms with Crippen molar-refractivity contribution in [3.8, 4) is 0 Å². The van der Waals surface area contributed by atoms with Crippen molar-refractivity contribution < 1.29 is 14.0 Å². The van der Waals surface area contributed by atoms with Crippen LogP contribution in [-0.2, 0) is 22.6 Å². The molecule has 0 bridgehead atoms. The van der Waals surface area contributed by atoms with E-state index in [4.69, 9.17) is 0 Å². The predicted octanol–water partition coefficient (Wildman–Crippen LogP) is 4.03. The maximum atomic E-state index is 13.2. The molecule has 2 aromatic heterocycles. The Kier molecular flexibility index (Phi) is 7.21. The number of likely N-dealkylation sites (tertiary alicyclic amines) is 1. The highest BCUT2D eigenvalue weighted by Gasteiger charge is 2.29. The van der Waals surface area contributed by atoms with Crippen molar-refractivity contribution in [1.29, 1.82) is 0 Å². The van der Waals surface area contributed by atoms with Crippen LogP contribution in [0.2, 0.25) is 0 Å². The normalized spacial score (nSPS) is 15.7. The van der Waals surface area contributed by atoms with Crippen molar-refractivity contribution in [1.82, 2.24) is 20.2 Å². The summed E-state index contributed by atoms with van der Waals surface area (Å²) in [4.78, 5) is 35.4. The van der Waals surface area contributed by atoms with Crippen molar-refractivity contribution >= 4 is 23.2 Å². The van der Waals surface area contributed by atoms with Gasteiger partial charge in [0.15, 0.2) is 0 Å². The smallest absolute Gasteiger partial charge is 0.223 e. The molecule has 1 aliphatic rings. The van der Waals surface area contributed by atoms with Gasteiger partial charge in [-0.25, -0.2) is 9.37 Å². The first-order chi connectivity index (χ1) is 15.6. The minimum atomic E-state index is -0.286. The van der Waals surface area contributed by atoms with Gasteiger partial charge in [-0.15, -0.1) is 11.3 Å². The zero-order valence-electron chi connectivity index (χ0n) is 17.7. The molecular formula is C24H25FN4O2S. The molecule has 1 fully saturated rings. The van der Waals surface area contributed by atoms with Gasteiger partial charge in [-0.05, 0) is 48.2 Å². The maximum Gasteiger partial charge on any atom is 0.223 e. The lowest BCUT2D eigenvalue weighted by atomic mass is 10.0. The lowest BCUT2D eigenvalue weighted by Crippen LogP contribution is -2.32. The van der Waals surface area contributed by atoms with Crippen LogP contribution >= 0.6 is 11.3 Å². The summed E-state index contributed by atoms with van der Waals surface area (Å²) in [7, 11) is 0. The van der Waals surface area contributed by atoms with Gasteiger partial charge in [0, 0.05) is 43.6 Å². The van der Waals surface area contributed by atoms with Crippen LogP contribution in [-0.4, -0.2) is 33.2 Å². The molecule has 3 aromatic rings. The topological polar surface area (TPSA) is 75.2 Å². The molecule has 8 heteroatoms. The molecule has 6 nitrogen and oxygen atoms in total. The lowest BCUT2D eigenvalue weighted by molar-refractivity contribution is -0.134. The van der Waals surface area contributed by atoms with Crippen molar-refractivity contribution in [2.45, 2.75) is 44.7 Å². The Bertz CT molecular complexity index is 1060. The van der Waals surface area contributed by atoms with Gasteiger partial charge in [0.2, 0.25) is 11.8 Å². The van der Waals surface area contributed by atoms with Gasteiger partial charge in [-0.2, -0.15) is 0 Å². The Balaban J connectivity index is 1.22. The number of hydrogen-bond donors (Lipinski definition) is 1. The van der Waals surface area contributed by atoms with E-state index in [2.05, 4.69) is 15.3 Å². The van der Waals surface area contributed by atoms with E-state index in [1.165, 1.54) is 23.5 Å². The van der Waals surface area contributed by atoms with Gasteiger partial charge < -0.3 is 10.2 Å². The molecule has 1 atom stereocenters. The summed E-state index contributed by atoms with van der Waals surface area (Å²) in [5, 5.41) is 5.69. The first-order valence-electron chi connectivity index (χ1n) is 10.7. The number of aromatic nitrogens is 2. The van der Waals surface area contributed by atoms with Gasteiger partial charge in [0.05, 0.1) is 18.3 Å². The molecule has 0 saturated carbocycles. The number of thiazole rings is 1. The highest BCUT2D eigenvalue weighted by Crippen LogP contribution is 2.32. The second kappa shape index (κ2) is 10.5. The van der Waals surface area contributed by atoms with Gasteiger partial charge in [0.1, 0.15) is 10.8 Å². The van der Waals surface area contributed by atoms with Gasteiger partial charge in [-0.1, -0.05) is 12.1 Å². The average Bonchev–Trinajstić information content (AvgIpc) is 3.47. The molecule has 1 aromatic carbocycles. The third-order valence-corrected chi connectivity index (χ3v) is 6.46. The molecule has 4 rings (SSSR count). The zero-order chi connectivity index (χ0) is 22.3. The summed E-state index contributed by atoms with van der Waals surface area (Å²) in [6.07, 6.45) is 6.31. The van der Waals surface area contributed by atoms with Crippen LogP contribution in [0.5, 0.6) is 0 Å². The monoisotopic (exact) mass is 452 g/mol. The Morgan fingerprint density at radius 1 is 1.12 bits per heavy atom. The zero-order valence-corrected chi connectivity index (χ0v) is 18.5. The van der Waals surface area contributed by atoms with Crippen LogP contribution in [0.4, 0.5) is 4.39 Å². The van der Waals surface area contributed by atoms with E-state index in [9.17, 15) is 14.0 Å². The van der Waals surface area contributed by atoms with Crippen molar-refractivity contribution in [2.24, 2.45) is 0 Å². The lowest BCUT2D eigenvalue weighted by Gasteiger charge is -2.25. The SMILES string of the molecule is O=C(CCC(=O)N1CCCC1c1ccc(F)cc1)NCc1nc(Cc2ccncc2)cs1. The molecule has 1 aliphatic heterocycles. The molecular weight excluding hydrogens is 427 g/mol. The molecule has 0 radical (unpaired) electrons. The minimum absolute atomic E-state index is 0.0409. The number of nitrogens with zero attached hydrogens (tertiary/aromatic N) is 3. The number of hydrogen-bond acceptors (Lipinski definition) is 5. The second-order valence-corrected chi connectivity index (χ2v) is 8.78. The molecule has 1 unspecified atom stereocenters. The molecule has 3 heterocycles. The van der Waals surface area contributed by atoms with Gasteiger partial charge in [0.25, 0.3) is 0 Å². The van der Waals surface area contributed by atoms with Crippen LogP contribution < -0.4 is 5.32 Å². The predicted molar refractivity (Wildman–Crippen MR) is 120 cm³/mol. The Morgan fingerprint density at radius 2 is 1.91 bits per heavy atom. The Hall–Kier alpha value is -3.13. The third kappa shape index (κ3) is 5.76. The van der Waals surface area contributed by atoms with E-state index in [0.717, 1.165) is 41.1 Å². The number of pyridine rings is 1. The number of halogens is 1. The quantitative estimate of drug-likeness (QED) is 0.560. The summed E-state index contributed by atoms with van der Waals surface area (Å²) in [6, 6.07) is 10.2. The summed E-state index contributed by atoms with van der Waals surface area (Å²) in [6.45, 7) is 1.03. The molecule has 32 heavy (non-hydrogen) atoms. The van der Waals surface area contributed by atoms with E-state index in [0.29, 0.717) is 13.1 Å². The van der Waals surface area contributed by atoms with Crippen molar-refractivity contribution in [3.63, 3.8) is 0 Å². The Morgan fingerprint density at radius 3 is 2.69 bits per heavy atom. The number of benzene rings is 1. The van der Waals surface area contributed by atoms with Crippen LogP contribution in [0.3, 0.4) is 0 Å². The fourth-order valence-electron chi connectivity index (χ4n) is 3.94. The van der Waals surface area contributed by atoms with E-state index < -0.39 is 0 Å². The van der Waals surface area contributed by atoms with E-state index in [1.54, 1.807) is 24.5 Å². The van der Waals surface area contributed by atoms with E-state index in [-0.39, 0.29) is 36.5 Å². The Labute approximate surface area is 190 Å². The van der Waals surface area contributed by atoms with Crippen LogP contribution in [0.25, 0.3) is 0 Å². The number of rotatable bonds is 8. The highest BCUT2D eigenvalue weighted by molar-refractivity contribution is 7.09.